The molecular formula is C26H36N4O2. The zero-order valence-electron chi connectivity index (χ0n) is 19.9. The normalized spacial score (nSPS) is 14.3. The van der Waals surface area contributed by atoms with Crippen LogP contribution in [0.3, 0.4) is 0 Å². The van der Waals surface area contributed by atoms with Crippen molar-refractivity contribution in [2.45, 2.75) is 33.6 Å². The lowest BCUT2D eigenvalue weighted by atomic mass is 10.1. The van der Waals surface area contributed by atoms with E-state index in [1.807, 2.05) is 61.2 Å². The first-order valence-corrected chi connectivity index (χ1v) is 11.6. The van der Waals surface area contributed by atoms with Crippen LogP contribution in [-0.2, 0) is 4.79 Å². The standard InChI is InChI=1S/C26H36N4O2/c1-5-6-14-28(4)23-12-10-22(11-13-23)26(32)30-17-15-29(16-18-30)19-25(31)27-24-9-7-8-20(2)21(24)3/h7-13H,5-6,14-19H2,1-4H3,(H,27,31). The molecule has 0 saturated carbocycles. The SMILES string of the molecule is CCCCN(C)c1ccc(C(=O)N2CCN(CC(=O)Nc3cccc(C)c3C)CC2)cc1. The first kappa shape index (κ1) is 23.8. The molecule has 0 aliphatic carbocycles. The zero-order chi connectivity index (χ0) is 23.1. The fraction of sp³-hybridized carbons (Fsp3) is 0.462. The number of hydrogen-bond donors (Lipinski definition) is 1. The summed E-state index contributed by atoms with van der Waals surface area (Å²) in [6.07, 6.45) is 2.32. The first-order valence-electron chi connectivity index (χ1n) is 11.6. The van der Waals surface area contributed by atoms with Crippen LogP contribution in [-0.4, -0.2) is 67.9 Å². The molecule has 6 nitrogen and oxygen atoms in total. The molecule has 2 amide bonds. The van der Waals surface area contributed by atoms with Crippen molar-refractivity contribution in [2.75, 3.05) is 56.5 Å². The van der Waals surface area contributed by atoms with Gasteiger partial charge in [0.05, 0.1) is 6.54 Å². The Bertz CT molecular complexity index is 918. The number of nitrogens with zero attached hydrogens (tertiary/aromatic N) is 3. The summed E-state index contributed by atoms with van der Waals surface area (Å²) in [5.41, 5.74) is 4.98. The molecule has 0 atom stereocenters. The number of carbonyl (C=O) groups excluding carboxylic acids is 2. The minimum absolute atomic E-state index is 0.0127. The second kappa shape index (κ2) is 11.1. The Kier molecular flexibility index (Phi) is 8.28. The summed E-state index contributed by atoms with van der Waals surface area (Å²) < 4.78 is 0. The van der Waals surface area contributed by atoms with Crippen molar-refractivity contribution >= 4 is 23.2 Å². The molecule has 6 heteroatoms. The van der Waals surface area contributed by atoms with E-state index in [0.717, 1.165) is 41.0 Å². The number of piperazine rings is 1. The van der Waals surface area contributed by atoms with Gasteiger partial charge in [0.15, 0.2) is 0 Å². The van der Waals surface area contributed by atoms with Crippen LogP contribution < -0.4 is 10.2 Å². The maximum Gasteiger partial charge on any atom is 0.253 e. The summed E-state index contributed by atoms with van der Waals surface area (Å²) in [4.78, 5) is 31.6. The topological polar surface area (TPSA) is 55.9 Å². The minimum Gasteiger partial charge on any atom is -0.375 e. The van der Waals surface area contributed by atoms with E-state index in [-0.39, 0.29) is 11.8 Å². The molecule has 0 aromatic heterocycles. The van der Waals surface area contributed by atoms with Crippen molar-refractivity contribution in [1.29, 1.82) is 0 Å². The van der Waals surface area contributed by atoms with Crippen LogP contribution in [0.15, 0.2) is 42.5 Å². The van der Waals surface area contributed by atoms with Crippen molar-refractivity contribution in [2.24, 2.45) is 0 Å². The van der Waals surface area contributed by atoms with Crippen LogP contribution in [0.4, 0.5) is 11.4 Å². The lowest BCUT2D eigenvalue weighted by molar-refractivity contribution is -0.117. The third-order valence-corrected chi connectivity index (χ3v) is 6.31. The highest BCUT2D eigenvalue weighted by atomic mass is 16.2. The Morgan fingerprint density at radius 1 is 1.00 bits per heavy atom. The number of anilines is 2. The average molecular weight is 437 g/mol. The summed E-state index contributed by atoms with van der Waals surface area (Å²) in [6, 6.07) is 13.8. The molecule has 0 spiro atoms. The monoisotopic (exact) mass is 436 g/mol. The van der Waals surface area contributed by atoms with Crippen molar-refractivity contribution in [3.05, 3.63) is 59.2 Å². The van der Waals surface area contributed by atoms with Gasteiger partial charge in [0.2, 0.25) is 5.91 Å². The van der Waals surface area contributed by atoms with Crippen LogP contribution in [0.1, 0.15) is 41.3 Å². The second-order valence-corrected chi connectivity index (χ2v) is 8.69. The van der Waals surface area contributed by atoms with Gasteiger partial charge in [0.25, 0.3) is 5.91 Å². The number of hydrogen-bond acceptors (Lipinski definition) is 4. The van der Waals surface area contributed by atoms with Gasteiger partial charge < -0.3 is 15.1 Å². The van der Waals surface area contributed by atoms with Gasteiger partial charge in [-0.15, -0.1) is 0 Å². The summed E-state index contributed by atoms with van der Waals surface area (Å²) in [7, 11) is 2.09. The number of aryl methyl sites for hydroxylation is 1. The number of unbranched alkanes of at least 4 members (excludes halogenated alkanes) is 1. The summed E-state index contributed by atoms with van der Waals surface area (Å²) in [6.45, 7) is 10.3. The Balaban J connectivity index is 1.48. The van der Waals surface area contributed by atoms with E-state index in [2.05, 4.69) is 29.1 Å². The van der Waals surface area contributed by atoms with Gasteiger partial charge in [-0.1, -0.05) is 25.5 Å². The third-order valence-electron chi connectivity index (χ3n) is 6.31. The van der Waals surface area contributed by atoms with Crippen molar-refractivity contribution in [3.63, 3.8) is 0 Å². The summed E-state index contributed by atoms with van der Waals surface area (Å²) >= 11 is 0. The molecule has 0 radical (unpaired) electrons. The number of amides is 2. The molecule has 1 heterocycles. The third kappa shape index (κ3) is 6.10. The Morgan fingerprint density at radius 3 is 2.34 bits per heavy atom. The minimum atomic E-state index is -0.0127. The van der Waals surface area contributed by atoms with E-state index >= 15 is 0 Å². The van der Waals surface area contributed by atoms with E-state index < -0.39 is 0 Å². The molecule has 0 unspecified atom stereocenters. The molecule has 1 fully saturated rings. The van der Waals surface area contributed by atoms with Crippen molar-refractivity contribution in [3.8, 4) is 0 Å². The predicted molar refractivity (Wildman–Crippen MR) is 132 cm³/mol. The fourth-order valence-electron chi connectivity index (χ4n) is 3.95. The van der Waals surface area contributed by atoms with Gasteiger partial charge >= 0.3 is 0 Å². The number of rotatable bonds is 8. The molecule has 1 N–H and O–H groups in total. The first-order chi connectivity index (χ1) is 15.4. The summed E-state index contributed by atoms with van der Waals surface area (Å²) in [5, 5.41) is 3.02. The molecule has 1 aliphatic rings. The highest BCUT2D eigenvalue weighted by Gasteiger charge is 2.23. The highest BCUT2D eigenvalue weighted by Crippen LogP contribution is 2.19. The van der Waals surface area contributed by atoms with Gasteiger partial charge in [-0.2, -0.15) is 0 Å². The molecule has 1 aliphatic heterocycles. The lowest BCUT2D eigenvalue weighted by Gasteiger charge is -2.34. The van der Waals surface area contributed by atoms with Crippen LogP contribution in [0.25, 0.3) is 0 Å². The van der Waals surface area contributed by atoms with E-state index in [0.29, 0.717) is 32.7 Å². The molecule has 172 valence electrons. The van der Waals surface area contributed by atoms with Gasteiger partial charge in [0.1, 0.15) is 0 Å². The highest BCUT2D eigenvalue weighted by molar-refractivity contribution is 5.95. The molecular weight excluding hydrogens is 400 g/mol. The van der Waals surface area contributed by atoms with Crippen LogP contribution >= 0.6 is 0 Å². The van der Waals surface area contributed by atoms with E-state index in [9.17, 15) is 9.59 Å². The van der Waals surface area contributed by atoms with Crippen LogP contribution in [0, 0.1) is 13.8 Å². The fourth-order valence-corrected chi connectivity index (χ4v) is 3.95. The summed E-state index contributed by atoms with van der Waals surface area (Å²) in [5.74, 6) is 0.0495. The van der Waals surface area contributed by atoms with Crippen LogP contribution in [0.5, 0.6) is 0 Å². The Labute approximate surface area is 192 Å². The average Bonchev–Trinajstić information content (AvgIpc) is 2.80. The number of benzene rings is 2. The van der Waals surface area contributed by atoms with Gasteiger partial charge in [-0.25, -0.2) is 0 Å². The maximum absolute atomic E-state index is 12.9. The lowest BCUT2D eigenvalue weighted by Crippen LogP contribution is -2.50. The number of nitrogens with one attached hydrogen (secondary N) is 1. The van der Waals surface area contributed by atoms with Crippen molar-refractivity contribution < 1.29 is 9.59 Å². The molecule has 2 aromatic carbocycles. The second-order valence-electron chi connectivity index (χ2n) is 8.69. The van der Waals surface area contributed by atoms with E-state index in [4.69, 9.17) is 0 Å². The molecule has 2 aromatic rings. The van der Waals surface area contributed by atoms with E-state index in [1.54, 1.807) is 0 Å². The molecule has 3 rings (SSSR count). The molecule has 1 saturated heterocycles. The maximum atomic E-state index is 12.9. The van der Waals surface area contributed by atoms with Crippen LogP contribution in [0.2, 0.25) is 0 Å². The largest absolute Gasteiger partial charge is 0.375 e. The van der Waals surface area contributed by atoms with Gasteiger partial charge in [0, 0.05) is 56.7 Å². The molecule has 32 heavy (non-hydrogen) atoms. The Hall–Kier alpha value is -2.86. The van der Waals surface area contributed by atoms with Gasteiger partial charge in [-0.3, -0.25) is 14.5 Å². The van der Waals surface area contributed by atoms with E-state index in [1.165, 1.54) is 6.42 Å². The predicted octanol–water partition coefficient (Wildman–Crippen LogP) is 3.94. The molecule has 0 bridgehead atoms. The number of carbonyl (C=O) groups is 2. The van der Waals surface area contributed by atoms with Crippen molar-refractivity contribution in [1.82, 2.24) is 9.80 Å². The zero-order valence-corrected chi connectivity index (χ0v) is 19.9. The smallest absolute Gasteiger partial charge is 0.253 e. The van der Waals surface area contributed by atoms with Gasteiger partial charge in [-0.05, 0) is 61.7 Å². The quantitative estimate of drug-likeness (QED) is 0.681. The Morgan fingerprint density at radius 2 is 1.69 bits per heavy atom.